The van der Waals surface area contributed by atoms with Crippen molar-refractivity contribution in [3.8, 4) is 28.7 Å². The van der Waals surface area contributed by atoms with E-state index >= 15 is 0 Å². The number of aromatic hydroxyl groups is 2. The van der Waals surface area contributed by atoms with Crippen LogP contribution in [0.5, 0.6) is 28.7 Å². The summed E-state index contributed by atoms with van der Waals surface area (Å²) >= 11 is 0. The summed E-state index contributed by atoms with van der Waals surface area (Å²) in [6, 6.07) is 8.55. The predicted octanol–water partition coefficient (Wildman–Crippen LogP) is 4.93. The quantitative estimate of drug-likeness (QED) is 0.144. The van der Waals surface area contributed by atoms with E-state index in [4.69, 9.17) is 28.1 Å². The molecule has 12 heteroatoms. The fraction of sp³-hybridized carbons (Fsp3) is 0.412. The lowest BCUT2D eigenvalue weighted by Crippen LogP contribution is -2.24. The monoisotopic (exact) mass is 636 g/mol. The molecule has 6 rings (SSSR count). The van der Waals surface area contributed by atoms with Gasteiger partial charge >= 0.3 is 5.97 Å². The zero-order chi connectivity index (χ0) is 33.1. The third-order valence-corrected chi connectivity index (χ3v) is 8.62. The molecule has 46 heavy (non-hydrogen) atoms. The van der Waals surface area contributed by atoms with Crippen LogP contribution in [0.3, 0.4) is 0 Å². The van der Waals surface area contributed by atoms with E-state index in [2.05, 4.69) is 0 Å². The molecular weight excluding hydrogens is 600 g/mol. The molecule has 2 aliphatic rings. The lowest BCUT2D eigenvalue weighted by molar-refractivity contribution is -0.151. The van der Waals surface area contributed by atoms with Gasteiger partial charge in [0.15, 0.2) is 11.3 Å². The number of methoxy groups -OCH3 is 2. The van der Waals surface area contributed by atoms with E-state index in [0.29, 0.717) is 30.6 Å². The van der Waals surface area contributed by atoms with Crippen LogP contribution in [0.25, 0.3) is 21.9 Å². The Kier molecular flexibility index (Phi) is 7.78. The highest BCUT2D eigenvalue weighted by Crippen LogP contribution is 2.52. The molecule has 4 N–H and O–H groups in total. The molecule has 0 saturated carbocycles. The first-order valence-corrected chi connectivity index (χ1v) is 14.9. The average molecular weight is 637 g/mol. The second kappa shape index (κ2) is 11.4. The summed E-state index contributed by atoms with van der Waals surface area (Å²) in [5.74, 6) is -0.972. The van der Waals surface area contributed by atoms with Crippen molar-refractivity contribution in [3.05, 3.63) is 63.3 Å². The van der Waals surface area contributed by atoms with Gasteiger partial charge in [0.25, 0.3) is 0 Å². The largest absolute Gasteiger partial charge is 0.508 e. The number of aliphatic hydroxyl groups is 2. The molecule has 0 amide bonds. The van der Waals surface area contributed by atoms with Gasteiger partial charge in [0.2, 0.25) is 18.0 Å². The van der Waals surface area contributed by atoms with Gasteiger partial charge in [-0.1, -0.05) is 6.07 Å². The molecule has 0 aliphatic carbocycles. The van der Waals surface area contributed by atoms with E-state index < -0.39 is 41.1 Å². The second-order valence-corrected chi connectivity index (χ2v) is 12.6. The van der Waals surface area contributed by atoms with Gasteiger partial charge in [-0.25, -0.2) is 4.79 Å². The molecule has 2 aliphatic heterocycles. The molecule has 1 aromatic heterocycles. The molecule has 4 aromatic rings. The maximum Gasteiger partial charge on any atom is 0.340 e. The van der Waals surface area contributed by atoms with Gasteiger partial charge in [0.05, 0.1) is 36.9 Å². The highest BCUT2D eigenvalue weighted by atomic mass is 16.8. The van der Waals surface area contributed by atoms with Crippen LogP contribution in [0.4, 0.5) is 0 Å². The number of carbonyl (C=O) groups is 1. The van der Waals surface area contributed by atoms with Crippen LogP contribution in [0.15, 0.2) is 45.6 Å². The van der Waals surface area contributed by atoms with Crippen LogP contribution >= 0.6 is 0 Å². The summed E-state index contributed by atoms with van der Waals surface area (Å²) in [6.45, 7) is 4.94. The topological polar surface area (TPSA) is 174 Å². The van der Waals surface area contributed by atoms with Gasteiger partial charge < -0.3 is 48.5 Å². The molecule has 0 unspecified atom stereocenters. The number of benzene rings is 3. The van der Waals surface area contributed by atoms with Crippen LogP contribution < -0.4 is 19.6 Å². The van der Waals surface area contributed by atoms with E-state index in [1.54, 1.807) is 26.8 Å². The first kappa shape index (κ1) is 31.5. The van der Waals surface area contributed by atoms with Crippen LogP contribution in [-0.4, -0.2) is 58.8 Å². The lowest BCUT2D eigenvalue weighted by atomic mass is 9.87. The van der Waals surface area contributed by atoms with Crippen LogP contribution in [-0.2, 0) is 15.1 Å². The second-order valence-electron chi connectivity index (χ2n) is 12.6. The van der Waals surface area contributed by atoms with Gasteiger partial charge in [-0.2, -0.15) is 0 Å². The molecule has 3 heterocycles. The number of carbonyl (C=O) groups excluding carboxylic acids is 1. The van der Waals surface area contributed by atoms with Crippen molar-refractivity contribution in [2.45, 2.75) is 76.2 Å². The number of hydrogen-bond donors (Lipinski definition) is 4. The maximum absolute atomic E-state index is 13.7. The van der Waals surface area contributed by atoms with Crippen molar-refractivity contribution >= 4 is 27.9 Å². The lowest BCUT2D eigenvalue weighted by Gasteiger charge is -2.26. The molecule has 1 fully saturated rings. The minimum absolute atomic E-state index is 0.0510. The Morgan fingerprint density at radius 2 is 1.67 bits per heavy atom. The van der Waals surface area contributed by atoms with Gasteiger partial charge in [-0.3, -0.25) is 4.79 Å². The van der Waals surface area contributed by atoms with Gasteiger partial charge in [-0.05, 0) is 64.3 Å². The molecule has 244 valence electrons. The highest BCUT2D eigenvalue weighted by Gasteiger charge is 2.48. The van der Waals surface area contributed by atoms with Crippen LogP contribution in [0.2, 0.25) is 0 Å². The van der Waals surface area contributed by atoms with Gasteiger partial charge in [0.1, 0.15) is 39.4 Å². The third kappa shape index (κ3) is 5.46. The molecular formula is C34H36O12. The minimum atomic E-state index is -1.39. The smallest absolute Gasteiger partial charge is 0.340 e. The molecule has 12 nitrogen and oxygen atoms in total. The first-order valence-electron chi connectivity index (χ1n) is 14.9. The van der Waals surface area contributed by atoms with Crippen molar-refractivity contribution in [1.82, 2.24) is 0 Å². The Balaban J connectivity index is 1.25. The number of ether oxygens (including phenoxy) is 5. The Hall–Kier alpha value is -4.52. The summed E-state index contributed by atoms with van der Waals surface area (Å²) in [7, 11) is 2.83. The van der Waals surface area contributed by atoms with Crippen LogP contribution in [0.1, 0.15) is 73.9 Å². The number of phenolic OH excluding ortho intramolecular Hbond substituents is 2. The summed E-state index contributed by atoms with van der Waals surface area (Å²) in [4.78, 5) is 26.8. The third-order valence-electron chi connectivity index (χ3n) is 8.62. The van der Waals surface area contributed by atoms with E-state index in [9.17, 15) is 30.0 Å². The normalized spacial score (nSPS) is 20.2. The number of fused-ring (bicyclic) bond motifs is 6. The fourth-order valence-electron chi connectivity index (χ4n) is 6.30. The van der Waals surface area contributed by atoms with Crippen molar-refractivity contribution < 1.29 is 53.3 Å². The van der Waals surface area contributed by atoms with Crippen molar-refractivity contribution in [2.24, 2.45) is 0 Å². The average Bonchev–Trinajstić information content (AvgIpc) is 3.52. The summed E-state index contributed by atoms with van der Waals surface area (Å²) in [5.41, 5.74) is -1.72. The first-order chi connectivity index (χ1) is 21.7. The predicted molar refractivity (Wildman–Crippen MR) is 165 cm³/mol. The van der Waals surface area contributed by atoms with E-state index in [1.165, 1.54) is 44.6 Å². The summed E-state index contributed by atoms with van der Waals surface area (Å²) in [6.07, 6.45) is -0.433. The summed E-state index contributed by atoms with van der Waals surface area (Å²) < 4.78 is 34.7. The number of rotatable bonds is 9. The zero-order valence-corrected chi connectivity index (χ0v) is 26.1. The molecule has 0 bridgehead atoms. The molecule has 4 atom stereocenters. The molecule has 1 saturated heterocycles. The molecule has 3 aromatic carbocycles. The van der Waals surface area contributed by atoms with Crippen molar-refractivity contribution in [1.29, 1.82) is 0 Å². The van der Waals surface area contributed by atoms with E-state index in [1.807, 2.05) is 0 Å². The standard InChI is InChI=1S/C34H36O12/c1-33(2,39)11-6-12-34(3,40)18-8-7-16(13-20(18)36)31(38)44-24-14-17-25-23(43-32(17)45-24)15-22(42-5)27-28(37)26-19(35)9-10-21(41-4)29(26)46-30(25)27/h7-10,13,15,17,24,32,35-36,39-40H,6,11-12,14H2,1-5H3/t17-,24+,32-,34+/m1/s1. The number of hydrogen-bond acceptors (Lipinski definition) is 12. The minimum Gasteiger partial charge on any atom is -0.508 e. The number of phenols is 2. The van der Waals surface area contributed by atoms with Crippen molar-refractivity contribution in [2.75, 3.05) is 14.2 Å². The van der Waals surface area contributed by atoms with Crippen LogP contribution in [0, 0.1) is 0 Å². The summed E-state index contributed by atoms with van der Waals surface area (Å²) in [5, 5.41) is 42.2. The zero-order valence-electron chi connectivity index (χ0n) is 26.1. The van der Waals surface area contributed by atoms with E-state index in [-0.39, 0.29) is 62.5 Å². The molecule has 0 spiro atoms. The Labute approximate surface area is 263 Å². The highest BCUT2D eigenvalue weighted by molar-refractivity contribution is 6.00. The molecule has 0 radical (unpaired) electrons. The fourth-order valence-corrected chi connectivity index (χ4v) is 6.30. The SMILES string of the molecule is COc1ccc(O)c2c(=O)c3c(OC)cc4c(c3oc12)[C@H]1C[C@@H](OC(=O)c2ccc([C@@](C)(O)CCCC(C)(C)O)c(O)c2)O[C@H]1O4. The van der Waals surface area contributed by atoms with E-state index in [0.717, 1.165) is 0 Å². The Bertz CT molecular complexity index is 1900. The number of esters is 1. The Morgan fingerprint density at radius 3 is 2.35 bits per heavy atom. The maximum atomic E-state index is 13.7. The Morgan fingerprint density at radius 1 is 0.935 bits per heavy atom. The van der Waals surface area contributed by atoms with Crippen molar-refractivity contribution in [3.63, 3.8) is 0 Å². The van der Waals surface area contributed by atoms with Gasteiger partial charge in [-0.15, -0.1) is 0 Å². The van der Waals surface area contributed by atoms with Gasteiger partial charge in [0, 0.05) is 23.6 Å².